The van der Waals surface area contributed by atoms with Crippen molar-refractivity contribution in [3.63, 3.8) is 0 Å². The first-order valence-electron chi connectivity index (χ1n) is 10.8. The quantitative estimate of drug-likeness (QED) is 0.450. The molecular weight excluding hydrogens is 473 g/mol. The van der Waals surface area contributed by atoms with Gasteiger partial charge in [-0.25, -0.2) is 8.78 Å². The third kappa shape index (κ3) is 5.90. The Morgan fingerprint density at radius 2 is 1.83 bits per heavy atom. The summed E-state index contributed by atoms with van der Waals surface area (Å²) in [6, 6.07) is 7.86. The molecule has 2 fully saturated rings. The fourth-order valence-corrected chi connectivity index (χ4v) is 4.27. The number of anilines is 1. The van der Waals surface area contributed by atoms with Crippen molar-refractivity contribution in [2.24, 2.45) is 0 Å². The molecular formula is C24H22F5N3O3. The van der Waals surface area contributed by atoms with Crippen molar-refractivity contribution in [3.05, 3.63) is 71.4 Å². The summed E-state index contributed by atoms with van der Waals surface area (Å²) in [5, 5.41) is 5.26. The van der Waals surface area contributed by atoms with Gasteiger partial charge in [0.1, 0.15) is 17.4 Å². The van der Waals surface area contributed by atoms with Crippen LogP contribution in [0.4, 0.5) is 27.6 Å². The normalized spacial score (nSPS) is 18.7. The summed E-state index contributed by atoms with van der Waals surface area (Å²) in [5.41, 5.74) is 1.12. The second kappa shape index (κ2) is 9.55. The van der Waals surface area contributed by atoms with Crippen LogP contribution in [0.1, 0.15) is 29.9 Å². The lowest BCUT2D eigenvalue weighted by Crippen LogP contribution is -2.58. The third-order valence-electron chi connectivity index (χ3n) is 5.86. The van der Waals surface area contributed by atoms with Gasteiger partial charge in [-0.05, 0) is 36.2 Å². The summed E-state index contributed by atoms with van der Waals surface area (Å²) in [6.45, 7) is 4.75. The Morgan fingerprint density at radius 1 is 1.14 bits per heavy atom. The van der Waals surface area contributed by atoms with Crippen molar-refractivity contribution in [2.75, 3.05) is 18.0 Å². The summed E-state index contributed by atoms with van der Waals surface area (Å²) in [6.07, 6.45) is -4.45. The number of nitrogens with one attached hydrogen (secondary N) is 2. The molecule has 11 heteroatoms. The molecule has 1 unspecified atom stereocenters. The average molecular weight is 495 g/mol. The summed E-state index contributed by atoms with van der Waals surface area (Å²) >= 11 is 0. The van der Waals surface area contributed by atoms with Crippen molar-refractivity contribution in [2.45, 2.75) is 37.6 Å². The van der Waals surface area contributed by atoms with Crippen LogP contribution >= 0.6 is 0 Å². The number of piperidine rings is 1. The van der Waals surface area contributed by atoms with Crippen molar-refractivity contribution >= 4 is 17.5 Å². The minimum Gasteiger partial charge on any atom is -0.406 e. The van der Waals surface area contributed by atoms with E-state index in [4.69, 9.17) is 0 Å². The highest BCUT2D eigenvalue weighted by atomic mass is 19.4. The highest BCUT2D eigenvalue weighted by Crippen LogP contribution is 2.33. The van der Waals surface area contributed by atoms with E-state index in [-0.39, 0.29) is 36.6 Å². The molecule has 0 spiro atoms. The molecule has 2 aliphatic heterocycles. The van der Waals surface area contributed by atoms with Crippen LogP contribution < -0.4 is 20.3 Å². The summed E-state index contributed by atoms with van der Waals surface area (Å²) in [7, 11) is 0. The Bertz CT molecular complexity index is 1140. The highest BCUT2D eigenvalue weighted by Gasteiger charge is 2.34. The standard InChI is InChI=1S/C24H22F5N3O3/c1-13(7-14-3-2-4-17(8-14)35-24(27,28)29)30-15-11-32(12-15)16-9-19(25)22(20(26)10-16)18-5-6-21(33)31-23(18)34/h2-4,8-10,15,18,30H,1,5-7,11-12H2,(H,31,33,34). The van der Waals surface area contributed by atoms with Crippen LogP contribution in [0.5, 0.6) is 5.75 Å². The minimum absolute atomic E-state index is 0.0139. The van der Waals surface area contributed by atoms with E-state index in [9.17, 15) is 31.5 Å². The van der Waals surface area contributed by atoms with Gasteiger partial charge < -0.3 is 15.0 Å². The molecule has 2 aromatic carbocycles. The number of carbonyl (C=O) groups excluding carboxylic acids is 2. The van der Waals surface area contributed by atoms with Crippen LogP contribution in [-0.2, 0) is 16.0 Å². The van der Waals surface area contributed by atoms with Gasteiger partial charge in [0.25, 0.3) is 0 Å². The van der Waals surface area contributed by atoms with E-state index in [0.29, 0.717) is 30.0 Å². The molecule has 1 atom stereocenters. The second-order valence-electron chi connectivity index (χ2n) is 8.55. The molecule has 0 radical (unpaired) electrons. The number of halogens is 5. The van der Waals surface area contributed by atoms with Crippen LogP contribution in [0, 0.1) is 11.6 Å². The zero-order valence-corrected chi connectivity index (χ0v) is 18.4. The Morgan fingerprint density at radius 3 is 2.46 bits per heavy atom. The monoisotopic (exact) mass is 495 g/mol. The topological polar surface area (TPSA) is 70.7 Å². The van der Waals surface area contributed by atoms with Crippen molar-refractivity contribution in [1.29, 1.82) is 0 Å². The molecule has 6 nitrogen and oxygen atoms in total. The molecule has 35 heavy (non-hydrogen) atoms. The highest BCUT2D eigenvalue weighted by molar-refractivity contribution is 6.01. The minimum atomic E-state index is -4.78. The lowest BCUT2D eigenvalue weighted by atomic mass is 9.89. The average Bonchev–Trinajstić information content (AvgIpc) is 2.70. The molecule has 2 aliphatic rings. The fourth-order valence-electron chi connectivity index (χ4n) is 4.27. The largest absolute Gasteiger partial charge is 0.573 e. The van der Waals surface area contributed by atoms with E-state index in [0.717, 1.165) is 0 Å². The predicted molar refractivity (Wildman–Crippen MR) is 117 cm³/mol. The fraction of sp³-hybridized carbons (Fsp3) is 0.333. The Balaban J connectivity index is 1.32. The van der Waals surface area contributed by atoms with Crippen molar-refractivity contribution in [1.82, 2.24) is 10.6 Å². The van der Waals surface area contributed by atoms with Crippen molar-refractivity contribution < 1.29 is 36.3 Å². The molecule has 0 aromatic heterocycles. The van der Waals surface area contributed by atoms with E-state index in [1.165, 1.54) is 30.3 Å². The van der Waals surface area contributed by atoms with E-state index >= 15 is 0 Å². The lowest BCUT2D eigenvalue weighted by Gasteiger charge is -2.42. The maximum atomic E-state index is 14.7. The van der Waals surface area contributed by atoms with Crippen LogP contribution in [0.3, 0.4) is 0 Å². The van der Waals surface area contributed by atoms with Crippen LogP contribution in [-0.4, -0.2) is 37.3 Å². The molecule has 2 amide bonds. The van der Waals surface area contributed by atoms with Crippen LogP contribution in [0.25, 0.3) is 0 Å². The third-order valence-corrected chi connectivity index (χ3v) is 5.86. The summed E-state index contributed by atoms with van der Waals surface area (Å²) in [4.78, 5) is 25.0. The molecule has 4 rings (SSSR count). The van der Waals surface area contributed by atoms with Gasteiger partial charge in [-0.1, -0.05) is 18.7 Å². The molecule has 0 aliphatic carbocycles. The van der Waals surface area contributed by atoms with Gasteiger partial charge in [-0.2, -0.15) is 0 Å². The number of ether oxygens (including phenoxy) is 1. The smallest absolute Gasteiger partial charge is 0.406 e. The second-order valence-corrected chi connectivity index (χ2v) is 8.55. The zero-order valence-electron chi connectivity index (χ0n) is 18.4. The zero-order chi connectivity index (χ0) is 25.3. The van der Waals surface area contributed by atoms with Gasteiger partial charge in [0.15, 0.2) is 0 Å². The van der Waals surface area contributed by atoms with E-state index in [1.54, 1.807) is 11.0 Å². The number of allylic oxidation sites excluding steroid dienone is 1. The van der Waals surface area contributed by atoms with Gasteiger partial charge >= 0.3 is 6.36 Å². The van der Waals surface area contributed by atoms with Crippen LogP contribution in [0.2, 0.25) is 0 Å². The first-order chi connectivity index (χ1) is 16.5. The molecule has 2 heterocycles. The number of alkyl halides is 3. The molecule has 2 aromatic rings. The number of amides is 2. The number of hydrogen-bond acceptors (Lipinski definition) is 5. The number of rotatable bonds is 7. The van der Waals surface area contributed by atoms with Gasteiger partial charge in [0.2, 0.25) is 11.8 Å². The molecule has 186 valence electrons. The Hall–Kier alpha value is -3.63. The molecule has 2 N–H and O–H groups in total. The van der Waals surface area contributed by atoms with E-state index in [2.05, 4.69) is 21.9 Å². The SMILES string of the molecule is C=C(Cc1cccc(OC(F)(F)F)c1)NC1CN(c2cc(F)c(C3CCC(=O)NC3=O)c(F)c2)C1. The maximum absolute atomic E-state index is 14.7. The summed E-state index contributed by atoms with van der Waals surface area (Å²) in [5.74, 6) is -4.26. The first-order valence-corrected chi connectivity index (χ1v) is 10.8. The van der Waals surface area contributed by atoms with Crippen molar-refractivity contribution in [3.8, 4) is 5.75 Å². The Labute approximate surface area is 197 Å². The number of nitrogens with zero attached hydrogens (tertiary/aromatic N) is 1. The number of benzene rings is 2. The molecule has 2 saturated heterocycles. The Kier molecular flexibility index (Phi) is 6.68. The van der Waals surface area contributed by atoms with E-state index < -0.39 is 35.7 Å². The molecule has 0 saturated carbocycles. The van der Waals surface area contributed by atoms with Gasteiger partial charge in [-0.3, -0.25) is 14.9 Å². The first kappa shape index (κ1) is 24.5. The number of imide groups is 1. The predicted octanol–water partition coefficient (Wildman–Crippen LogP) is 3.92. The maximum Gasteiger partial charge on any atom is 0.573 e. The van der Waals surface area contributed by atoms with Gasteiger partial charge in [-0.15, -0.1) is 13.2 Å². The van der Waals surface area contributed by atoms with Gasteiger partial charge in [0, 0.05) is 42.9 Å². The molecule has 0 bridgehead atoms. The number of hydrogen-bond donors (Lipinski definition) is 2. The van der Waals surface area contributed by atoms with Crippen LogP contribution in [0.15, 0.2) is 48.7 Å². The lowest BCUT2D eigenvalue weighted by molar-refractivity contribution is -0.274. The van der Waals surface area contributed by atoms with Gasteiger partial charge in [0.05, 0.1) is 12.0 Å². The van der Waals surface area contributed by atoms with E-state index in [1.807, 2.05) is 0 Å². The number of carbonyl (C=O) groups is 2. The summed E-state index contributed by atoms with van der Waals surface area (Å²) < 4.78 is 70.6.